The van der Waals surface area contributed by atoms with Crippen LogP contribution in [-0.2, 0) is 6.54 Å². The maximum absolute atomic E-state index is 13.3. The van der Waals surface area contributed by atoms with Gasteiger partial charge in [0.15, 0.2) is 0 Å². The van der Waals surface area contributed by atoms with Crippen molar-refractivity contribution >= 4 is 22.0 Å². The fraction of sp³-hybridized carbons (Fsp3) is 0.0833. The van der Waals surface area contributed by atoms with E-state index >= 15 is 0 Å². The van der Waals surface area contributed by atoms with Gasteiger partial charge in [-0.05, 0) is 17.7 Å². The van der Waals surface area contributed by atoms with Crippen LogP contribution in [0.25, 0.3) is 0 Å². The first kappa shape index (κ1) is 13.0. The minimum Gasteiger partial charge on any atom is -0.380 e. The highest BCUT2D eigenvalue weighted by Gasteiger charge is 2.11. The molecule has 0 unspecified atom stereocenters. The van der Waals surface area contributed by atoms with Crippen molar-refractivity contribution in [2.75, 3.05) is 5.32 Å². The van der Waals surface area contributed by atoms with Gasteiger partial charge in [-0.2, -0.15) is 5.26 Å². The second kappa shape index (κ2) is 5.46. The van der Waals surface area contributed by atoms with Gasteiger partial charge in [0.1, 0.15) is 17.4 Å². The summed E-state index contributed by atoms with van der Waals surface area (Å²) in [5, 5.41) is 24.0. The van der Waals surface area contributed by atoms with Gasteiger partial charge >= 0.3 is 5.00 Å². The molecule has 1 heterocycles. The van der Waals surface area contributed by atoms with Gasteiger partial charge in [-0.25, -0.2) is 4.39 Å². The van der Waals surface area contributed by atoms with Crippen LogP contribution < -0.4 is 5.32 Å². The molecule has 1 aromatic heterocycles. The molecule has 2 rings (SSSR count). The molecule has 0 fully saturated rings. The highest BCUT2D eigenvalue weighted by atomic mass is 32.1. The number of rotatable bonds is 4. The zero-order valence-corrected chi connectivity index (χ0v) is 10.4. The molecule has 5 nitrogen and oxygen atoms in total. The Morgan fingerprint density at radius 3 is 2.95 bits per heavy atom. The maximum atomic E-state index is 13.3. The molecule has 96 valence electrons. The third-order valence-corrected chi connectivity index (χ3v) is 3.36. The summed E-state index contributed by atoms with van der Waals surface area (Å²) >= 11 is 1.03. The van der Waals surface area contributed by atoms with E-state index in [4.69, 9.17) is 5.26 Å². The first-order valence-corrected chi connectivity index (χ1v) is 6.14. The topological polar surface area (TPSA) is 79.0 Å². The number of nitro groups is 1. The molecule has 0 atom stereocenters. The molecule has 7 heteroatoms. The Hall–Kier alpha value is -2.46. The lowest BCUT2D eigenvalue weighted by atomic mass is 10.2. The molecular formula is C12H8FN3O2S. The van der Waals surface area contributed by atoms with Crippen molar-refractivity contribution in [2.45, 2.75) is 6.54 Å². The average molecular weight is 277 g/mol. The molecule has 0 spiro atoms. The second-order valence-electron chi connectivity index (χ2n) is 3.68. The first-order valence-electron chi connectivity index (χ1n) is 5.26. The van der Waals surface area contributed by atoms with E-state index in [2.05, 4.69) is 5.32 Å². The van der Waals surface area contributed by atoms with Gasteiger partial charge in [-0.1, -0.05) is 17.4 Å². The van der Waals surface area contributed by atoms with Crippen molar-refractivity contribution in [3.63, 3.8) is 0 Å². The zero-order chi connectivity index (χ0) is 13.8. The minimum atomic E-state index is -0.594. The summed E-state index contributed by atoms with van der Waals surface area (Å²) in [4.78, 5) is 10.1. The van der Waals surface area contributed by atoms with Crippen LogP contribution in [0.3, 0.4) is 0 Å². The molecular weight excluding hydrogens is 269 g/mol. The number of halogens is 1. The molecule has 0 aliphatic rings. The van der Waals surface area contributed by atoms with Crippen molar-refractivity contribution in [1.29, 1.82) is 5.26 Å². The second-order valence-corrected chi connectivity index (χ2v) is 4.57. The van der Waals surface area contributed by atoms with Crippen LogP contribution in [0, 0.1) is 27.3 Å². The number of nitriles is 1. The smallest absolute Gasteiger partial charge is 0.324 e. The minimum absolute atomic E-state index is 0.0524. The normalized spacial score (nSPS) is 9.89. The summed E-state index contributed by atoms with van der Waals surface area (Å²) in [5.74, 6) is -0.594. The van der Waals surface area contributed by atoms with E-state index in [1.54, 1.807) is 17.5 Å². The van der Waals surface area contributed by atoms with Crippen LogP contribution in [-0.4, -0.2) is 4.92 Å². The van der Waals surface area contributed by atoms with Crippen molar-refractivity contribution in [2.24, 2.45) is 0 Å². The van der Waals surface area contributed by atoms with Gasteiger partial charge in [0.25, 0.3) is 0 Å². The Kier molecular flexibility index (Phi) is 3.73. The summed E-state index contributed by atoms with van der Waals surface area (Å²) in [6.07, 6.45) is 0. The number of thiophene rings is 1. The Labute approximate surface area is 112 Å². The van der Waals surface area contributed by atoms with Crippen molar-refractivity contribution in [3.8, 4) is 6.07 Å². The predicted octanol–water partition coefficient (Wildman–Crippen LogP) is 3.28. The lowest BCUT2D eigenvalue weighted by molar-refractivity contribution is -0.380. The van der Waals surface area contributed by atoms with Crippen molar-refractivity contribution < 1.29 is 9.31 Å². The number of nitrogens with zero attached hydrogens (tertiary/aromatic N) is 2. The number of anilines is 1. The monoisotopic (exact) mass is 277 g/mol. The standard InChI is InChI=1S/C12H8FN3O2S/c13-10-2-1-3-11(9(10)5-14)15-6-8-4-12(16(17)18)19-7-8/h1-4,7,15H,6H2. The van der Waals surface area contributed by atoms with Gasteiger partial charge in [0.2, 0.25) is 0 Å². The first-order chi connectivity index (χ1) is 9.11. The molecule has 0 aliphatic heterocycles. The summed E-state index contributed by atoms with van der Waals surface area (Å²) in [6, 6.07) is 7.52. The number of hydrogen-bond acceptors (Lipinski definition) is 5. The van der Waals surface area contributed by atoms with Gasteiger partial charge in [0.05, 0.1) is 10.6 Å². The third-order valence-electron chi connectivity index (χ3n) is 2.43. The van der Waals surface area contributed by atoms with Gasteiger partial charge in [-0.15, -0.1) is 0 Å². The fourth-order valence-corrected chi connectivity index (χ4v) is 2.26. The van der Waals surface area contributed by atoms with Gasteiger partial charge in [-0.3, -0.25) is 10.1 Å². The fourth-order valence-electron chi connectivity index (χ4n) is 1.53. The van der Waals surface area contributed by atoms with Gasteiger partial charge in [0, 0.05) is 18.0 Å². The summed E-state index contributed by atoms with van der Waals surface area (Å²) in [6.45, 7) is 0.294. The maximum Gasteiger partial charge on any atom is 0.324 e. The van der Waals surface area contributed by atoms with E-state index in [1.165, 1.54) is 18.2 Å². The lowest BCUT2D eigenvalue weighted by Gasteiger charge is -2.07. The summed E-state index contributed by atoms with van der Waals surface area (Å²) < 4.78 is 13.3. The number of benzene rings is 1. The van der Waals surface area contributed by atoms with E-state index in [9.17, 15) is 14.5 Å². The molecule has 0 aliphatic carbocycles. The molecule has 0 saturated carbocycles. The van der Waals surface area contributed by atoms with E-state index < -0.39 is 10.7 Å². The molecule has 0 saturated heterocycles. The number of hydrogen-bond donors (Lipinski definition) is 1. The Balaban J connectivity index is 2.12. The van der Waals surface area contributed by atoms with Crippen molar-refractivity contribution in [1.82, 2.24) is 0 Å². The highest BCUT2D eigenvalue weighted by Crippen LogP contribution is 2.24. The van der Waals surface area contributed by atoms with Crippen LogP contribution >= 0.6 is 11.3 Å². The SMILES string of the molecule is N#Cc1c(F)cccc1NCc1csc([N+](=O)[O-])c1. The van der Waals surface area contributed by atoms with Gasteiger partial charge < -0.3 is 5.32 Å². The molecule has 0 bridgehead atoms. The lowest BCUT2D eigenvalue weighted by Crippen LogP contribution is -2.01. The Bertz CT molecular complexity index is 663. The largest absolute Gasteiger partial charge is 0.380 e. The molecule has 0 amide bonds. The van der Waals surface area contributed by atoms with E-state index in [1.807, 2.05) is 0 Å². The zero-order valence-electron chi connectivity index (χ0n) is 9.59. The summed E-state index contributed by atoms with van der Waals surface area (Å²) in [5.41, 5.74) is 1.02. The van der Waals surface area contributed by atoms with Crippen LogP contribution in [0.2, 0.25) is 0 Å². The third kappa shape index (κ3) is 2.86. The molecule has 2 aromatic rings. The molecule has 0 radical (unpaired) electrons. The molecule has 1 aromatic carbocycles. The summed E-state index contributed by atoms with van der Waals surface area (Å²) in [7, 11) is 0. The van der Waals surface area contributed by atoms with Crippen LogP contribution in [0.4, 0.5) is 15.1 Å². The average Bonchev–Trinajstić information content (AvgIpc) is 2.85. The highest BCUT2D eigenvalue weighted by molar-refractivity contribution is 7.13. The van der Waals surface area contributed by atoms with E-state index in [-0.39, 0.29) is 10.6 Å². The molecule has 1 N–H and O–H groups in total. The van der Waals surface area contributed by atoms with Crippen LogP contribution in [0.1, 0.15) is 11.1 Å². The Morgan fingerprint density at radius 1 is 1.53 bits per heavy atom. The predicted molar refractivity (Wildman–Crippen MR) is 69.4 cm³/mol. The van der Waals surface area contributed by atoms with E-state index in [0.29, 0.717) is 17.8 Å². The van der Waals surface area contributed by atoms with Crippen LogP contribution in [0.15, 0.2) is 29.6 Å². The van der Waals surface area contributed by atoms with Crippen LogP contribution in [0.5, 0.6) is 0 Å². The molecule has 19 heavy (non-hydrogen) atoms. The number of nitrogens with one attached hydrogen (secondary N) is 1. The van der Waals surface area contributed by atoms with Crippen molar-refractivity contribution in [3.05, 3.63) is 56.7 Å². The Morgan fingerprint density at radius 2 is 2.32 bits per heavy atom. The quantitative estimate of drug-likeness (QED) is 0.687. The van der Waals surface area contributed by atoms with E-state index in [0.717, 1.165) is 11.3 Å².